The molecule has 0 aromatic rings. The number of phosphoric acid groups is 1. The number of hydrogen-bond donors (Lipinski definition) is 4. The zero-order valence-electron chi connectivity index (χ0n) is 36.5. The van der Waals surface area contributed by atoms with Crippen molar-refractivity contribution in [1.82, 2.24) is 5.32 Å². The van der Waals surface area contributed by atoms with E-state index in [4.69, 9.17) is 14.2 Å². The van der Waals surface area contributed by atoms with Gasteiger partial charge in [-0.1, -0.05) is 186 Å². The van der Waals surface area contributed by atoms with Gasteiger partial charge in [0.05, 0.1) is 32.8 Å². The molecule has 0 rings (SSSR count). The van der Waals surface area contributed by atoms with E-state index in [0.717, 1.165) is 38.5 Å². The lowest BCUT2D eigenvalue weighted by Gasteiger charge is -2.27. The number of carbonyl (C=O) groups excluding carboxylic acids is 1. The first kappa shape index (κ1) is 54.3. The first-order chi connectivity index (χ1) is 27.1. The minimum absolute atomic E-state index is 0.0532. The van der Waals surface area contributed by atoms with Crippen molar-refractivity contribution in [2.75, 3.05) is 47.0 Å². The molecule has 0 aliphatic carbocycles. The van der Waals surface area contributed by atoms with Gasteiger partial charge in [-0.25, -0.2) is 4.57 Å². The summed E-state index contributed by atoms with van der Waals surface area (Å²) in [7, 11) is -0.639. The molecule has 0 radical (unpaired) electrons. The van der Waals surface area contributed by atoms with Gasteiger partial charge in [-0.05, 0) is 37.0 Å². The van der Waals surface area contributed by atoms with Crippen LogP contribution in [-0.4, -0.2) is 84.6 Å². The summed E-state index contributed by atoms with van der Waals surface area (Å²) in [4.78, 5) is 23.4. The number of amides is 1. The molecule has 0 aromatic carbocycles. The lowest BCUT2D eigenvalue weighted by molar-refractivity contribution is -0.883. The summed E-state index contributed by atoms with van der Waals surface area (Å²) in [5, 5.41) is 22.6. The zero-order chi connectivity index (χ0) is 41.4. The number of hydrogen-bond acceptors (Lipinski definition) is 6. The molecule has 1 amide bonds. The molecule has 4 N–H and O–H groups in total. The summed E-state index contributed by atoms with van der Waals surface area (Å²) >= 11 is 0. The Labute approximate surface area is 344 Å². The van der Waals surface area contributed by atoms with Gasteiger partial charge in [-0.3, -0.25) is 13.8 Å². The number of aliphatic hydroxyl groups is 2. The van der Waals surface area contributed by atoms with E-state index < -0.39 is 20.0 Å². The van der Waals surface area contributed by atoms with Crippen LogP contribution in [0.4, 0.5) is 0 Å². The maximum Gasteiger partial charge on any atom is 0.472 e. The molecule has 0 heterocycles. The largest absolute Gasteiger partial charge is 0.472 e. The predicted molar refractivity (Wildman–Crippen MR) is 234 cm³/mol. The Hall–Kier alpha value is -1.68. The fraction of sp³-hybridized carbons (Fsp3) is 0.848. The molecule has 0 spiro atoms. The molecule has 326 valence electrons. The average Bonchev–Trinajstić information content (AvgIpc) is 3.16. The fourth-order valence-corrected chi connectivity index (χ4v) is 7.27. The molecule has 56 heavy (non-hydrogen) atoms. The van der Waals surface area contributed by atoms with E-state index in [-0.39, 0.29) is 25.7 Å². The molecule has 10 heteroatoms. The molecule has 0 aliphatic heterocycles. The van der Waals surface area contributed by atoms with Crippen LogP contribution in [-0.2, 0) is 18.4 Å². The van der Waals surface area contributed by atoms with Gasteiger partial charge in [0, 0.05) is 6.42 Å². The Kier molecular flexibility index (Phi) is 37.7. The van der Waals surface area contributed by atoms with Gasteiger partial charge in [-0.15, -0.1) is 0 Å². The molecule has 0 fully saturated rings. The predicted octanol–water partition coefficient (Wildman–Crippen LogP) is 10.6. The second kappa shape index (κ2) is 38.8. The normalized spacial score (nSPS) is 13.8. The molecule has 3 atom stereocenters. The number of quaternary nitrogens is 1. The Morgan fingerprint density at radius 3 is 1.62 bits per heavy atom. The maximum absolute atomic E-state index is 12.9. The van der Waals surface area contributed by atoms with Crippen LogP contribution in [0, 0.1) is 23.7 Å². The smallest absolute Gasteiger partial charge is 0.387 e. The molecule has 9 nitrogen and oxygen atoms in total. The van der Waals surface area contributed by atoms with Gasteiger partial charge in [0.2, 0.25) is 5.91 Å². The van der Waals surface area contributed by atoms with Crippen molar-refractivity contribution in [3.8, 4) is 23.7 Å². The summed E-state index contributed by atoms with van der Waals surface area (Å²) < 4.78 is 23.7. The fourth-order valence-electron chi connectivity index (χ4n) is 6.53. The highest BCUT2D eigenvalue weighted by Crippen LogP contribution is 2.43. The van der Waals surface area contributed by atoms with E-state index in [1.54, 1.807) is 6.08 Å². The number of unbranched alkanes of at least 4 members (excludes halogenated alkanes) is 25. The number of rotatable bonds is 39. The van der Waals surface area contributed by atoms with E-state index in [2.05, 4.69) is 42.8 Å². The van der Waals surface area contributed by atoms with Crippen molar-refractivity contribution >= 4 is 13.7 Å². The molecular weight excluding hydrogens is 723 g/mol. The number of phosphoric ester groups is 1. The highest BCUT2D eigenvalue weighted by atomic mass is 31.2. The van der Waals surface area contributed by atoms with Gasteiger partial charge in [0.1, 0.15) is 26.3 Å². The third-order valence-corrected chi connectivity index (χ3v) is 11.3. The molecular formula is C46H86N2O7P+. The number of nitrogens with one attached hydrogen (secondary N) is 1. The van der Waals surface area contributed by atoms with Crippen LogP contribution in [0.15, 0.2) is 12.2 Å². The first-order valence-corrected chi connectivity index (χ1v) is 24.2. The van der Waals surface area contributed by atoms with Crippen LogP contribution in [0.5, 0.6) is 0 Å². The number of likely N-dealkylation sites (N-methyl/N-ethyl adjacent to an activating group) is 1. The van der Waals surface area contributed by atoms with Gasteiger partial charge < -0.3 is 24.9 Å². The molecule has 0 saturated carbocycles. The standard InChI is InChI=1S/C46H85N2O7P/c1-5-7-9-11-13-15-17-19-20-22-24-26-28-30-34-38-46(51)47-44(45(50)37-33-29-27-25-23-21-18-16-14-12-10-8-6-2)43-55-56(52,53)54-42-40-48(3,4)39-35-31-32-36-41-49/h33,37,44-45,49-50H,5-30,34,38-43H2,1-4H3,(H-,47,51,52,53)/p+1/b37-33+/t44-,45+/m0/s1. The summed E-state index contributed by atoms with van der Waals surface area (Å²) in [6.07, 6.45) is 36.4. The third kappa shape index (κ3) is 37.9. The number of aliphatic hydroxyl groups excluding tert-OH is 2. The maximum atomic E-state index is 12.9. The second-order valence-corrected chi connectivity index (χ2v) is 17.7. The second-order valence-electron chi connectivity index (χ2n) is 16.3. The highest BCUT2D eigenvalue weighted by Gasteiger charge is 2.28. The lowest BCUT2D eigenvalue weighted by Crippen LogP contribution is -2.45. The third-order valence-electron chi connectivity index (χ3n) is 10.3. The van der Waals surface area contributed by atoms with Gasteiger partial charge in [0.25, 0.3) is 0 Å². The van der Waals surface area contributed by atoms with E-state index in [1.807, 2.05) is 20.2 Å². The van der Waals surface area contributed by atoms with Crippen molar-refractivity contribution < 1.29 is 38.0 Å². The van der Waals surface area contributed by atoms with Crippen LogP contribution in [0.25, 0.3) is 0 Å². The Bertz CT molecular complexity index is 1120. The summed E-state index contributed by atoms with van der Waals surface area (Å²) in [6, 6.07) is -0.890. The zero-order valence-corrected chi connectivity index (χ0v) is 37.4. The highest BCUT2D eigenvalue weighted by molar-refractivity contribution is 7.47. The quantitative estimate of drug-likeness (QED) is 0.0160. The van der Waals surface area contributed by atoms with Crippen molar-refractivity contribution in [2.24, 2.45) is 0 Å². The number of allylic oxidation sites excluding steroid dienone is 1. The van der Waals surface area contributed by atoms with Crippen molar-refractivity contribution in [3.05, 3.63) is 12.2 Å². The lowest BCUT2D eigenvalue weighted by atomic mass is 10.0. The van der Waals surface area contributed by atoms with Gasteiger partial charge in [-0.2, -0.15) is 0 Å². The van der Waals surface area contributed by atoms with Crippen molar-refractivity contribution in [1.29, 1.82) is 0 Å². The van der Waals surface area contributed by atoms with Crippen LogP contribution >= 0.6 is 7.82 Å². The van der Waals surface area contributed by atoms with Crippen LogP contribution < -0.4 is 5.32 Å². The topological polar surface area (TPSA) is 125 Å². The summed E-state index contributed by atoms with van der Waals surface area (Å²) in [6.45, 7) is 4.67. The summed E-state index contributed by atoms with van der Waals surface area (Å²) in [5.41, 5.74) is 0. The Morgan fingerprint density at radius 1 is 0.696 bits per heavy atom. The number of carbonyl (C=O) groups is 1. The van der Waals surface area contributed by atoms with Gasteiger partial charge >= 0.3 is 7.82 Å². The Morgan fingerprint density at radius 2 is 1.14 bits per heavy atom. The molecule has 0 aromatic heterocycles. The summed E-state index contributed by atoms with van der Waals surface area (Å²) in [5.74, 6) is 10.4. The minimum Gasteiger partial charge on any atom is -0.387 e. The van der Waals surface area contributed by atoms with E-state index in [0.29, 0.717) is 24.0 Å². The Balaban J connectivity index is 4.71. The molecule has 1 unspecified atom stereocenters. The van der Waals surface area contributed by atoms with Crippen LogP contribution in [0.2, 0.25) is 0 Å². The van der Waals surface area contributed by atoms with E-state index >= 15 is 0 Å². The monoisotopic (exact) mass is 810 g/mol. The SMILES string of the molecule is CCCCCCCCCCCCC/C=C/[C@@H](O)[C@H](COP(=O)(O)OCC[N+](C)(C)CC#CC#CCO)NC(=O)CCCCCCCCCCCCCCCCC. The molecule has 0 aliphatic rings. The first-order valence-electron chi connectivity index (χ1n) is 22.7. The van der Waals surface area contributed by atoms with Crippen LogP contribution in [0.3, 0.4) is 0 Å². The van der Waals surface area contributed by atoms with Gasteiger partial charge in [0.15, 0.2) is 0 Å². The van der Waals surface area contributed by atoms with Crippen molar-refractivity contribution in [3.63, 3.8) is 0 Å². The van der Waals surface area contributed by atoms with E-state index in [1.165, 1.54) is 135 Å². The van der Waals surface area contributed by atoms with Crippen LogP contribution in [0.1, 0.15) is 194 Å². The minimum atomic E-state index is -4.45. The number of nitrogens with zero attached hydrogens (tertiary/aromatic N) is 1. The molecule has 0 bridgehead atoms. The molecule has 0 saturated heterocycles. The van der Waals surface area contributed by atoms with E-state index in [9.17, 15) is 19.4 Å². The van der Waals surface area contributed by atoms with Crippen molar-refractivity contribution in [2.45, 2.75) is 206 Å². The average molecular weight is 810 g/mol.